The predicted octanol–water partition coefficient (Wildman–Crippen LogP) is 4.13. The van der Waals surface area contributed by atoms with Crippen LogP contribution in [0.15, 0.2) is 42.5 Å². The summed E-state index contributed by atoms with van der Waals surface area (Å²) in [5.41, 5.74) is 7.39. The molecule has 0 saturated carbocycles. The molecule has 1 aliphatic heterocycles. The Labute approximate surface area is 211 Å². The van der Waals surface area contributed by atoms with Crippen LogP contribution in [0.2, 0.25) is 0 Å². The van der Waals surface area contributed by atoms with Gasteiger partial charge in [0.1, 0.15) is 11.6 Å². The first-order valence-electron chi connectivity index (χ1n) is 12.0. The second-order valence-electron chi connectivity index (χ2n) is 8.70. The number of benzene rings is 2. The number of anilines is 2. The lowest BCUT2D eigenvalue weighted by Crippen LogP contribution is -2.40. The Bertz CT molecular complexity index is 1460. The number of rotatable bonds is 6. The van der Waals surface area contributed by atoms with Crippen molar-refractivity contribution in [2.45, 2.75) is 19.8 Å². The first-order chi connectivity index (χ1) is 17.9. The molecule has 1 saturated heterocycles. The lowest BCUT2D eigenvalue weighted by molar-refractivity contribution is -0.148. The van der Waals surface area contributed by atoms with E-state index in [0.29, 0.717) is 42.9 Å². The van der Waals surface area contributed by atoms with Crippen LogP contribution in [0.4, 0.5) is 20.5 Å². The Balaban J connectivity index is 1.66. The summed E-state index contributed by atoms with van der Waals surface area (Å²) in [4.78, 5) is 23.5. The van der Waals surface area contributed by atoms with E-state index in [2.05, 4.69) is 15.1 Å². The first-order valence-corrected chi connectivity index (χ1v) is 12.0. The Morgan fingerprint density at radius 2 is 1.95 bits per heavy atom. The van der Waals surface area contributed by atoms with Crippen LogP contribution in [-0.4, -0.2) is 52.5 Å². The summed E-state index contributed by atoms with van der Waals surface area (Å²) < 4.78 is 41.1. The molecule has 9 nitrogen and oxygen atoms in total. The minimum atomic E-state index is -1.05. The van der Waals surface area contributed by atoms with Crippen molar-refractivity contribution in [3.63, 3.8) is 0 Å². The zero-order valence-corrected chi connectivity index (χ0v) is 20.4. The number of nitrogen functional groups attached to an aromatic ring is 1. The van der Waals surface area contributed by atoms with Crippen molar-refractivity contribution < 1.29 is 23.0 Å². The highest BCUT2D eigenvalue weighted by molar-refractivity contribution is 5.99. The number of hydrogen-bond acceptors (Lipinski definition) is 8. The lowest BCUT2D eigenvalue weighted by atomic mass is 9.98. The number of methoxy groups -OCH3 is 1. The molecule has 1 fully saturated rings. The van der Waals surface area contributed by atoms with Crippen LogP contribution in [0.3, 0.4) is 0 Å². The maximum atomic E-state index is 15.0. The molecule has 5 rings (SSSR count). The second-order valence-corrected chi connectivity index (χ2v) is 8.70. The number of ether oxygens (including phenoxy) is 2. The van der Waals surface area contributed by atoms with E-state index < -0.39 is 11.6 Å². The van der Waals surface area contributed by atoms with Gasteiger partial charge in [-0.2, -0.15) is 4.98 Å². The number of carbonyl (C=O) groups is 1. The van der Waals surface area contributed by atoms with Gasteiger partial charge in [-0.05, 0) is 56.2 Å². The number of hydrogen-bond donors (Lipinski definition) is 1. The van der Waals surface area contributed by atoms with Gasteiger partial charge in [-0.1, -0.05) is 6.07 Å². The lowest BCUT2D eigenvalue weighted by Gasteiger charge is -2.31. The van der Waals surface area contributed by atoms with Gasteiger partial charge in [0.25, 0.3) is 0 Å². The fraction of sp³-hybridized carbons (Fsp3) is 0.308. The minimum absolute atomic E-state index is 0.0615. The van der Waals surface area contributed by atoms with Gasteiger partial charge in [-0.15, -0.1) is 5.10 Å². The molecule has 2 aromatic heterocycles. The van der Waals surface area contributed by atoms with Crippen molar-refractivity contribution in [3.05, 3.63) is 54.1 Å². The predicted molar refractivity (Wildman–Crippen MR) is 135 cm³/mol. The summed E-state index contributed by atoms with van der Waals surface area (Å²) in [6.07, 6.45) is 1.40. The highest BCUT2D eigenvalue weighted by atomic mass is 19.2. The molecule has 37 heavy (non-hydrogen) atoms. The van der Waals surface area contributed by atoms with Gasteiger partial charge in [-0.3, -0.25) is 4.79 Å². The molecule has 3 heterocycles. The van der Waals surface area contributed by atoms with Gasteiger partial charge in [-0.25, -0.2) is 18.4 Å². The quantitative estimate of drug-likeness (QED) is 0.388. The van der Waals surface area contributed by atoms with E-state index in [1.54, 1.807) is 38.3 Å². The Morgan fingerprint density at radius 3 is 2.68 bits per heavy atom. The Hall–Kier alpha value is -4.28. The van der Waals surface area contributed by atoms with E-state index in [0.717, 1.165) is 12.5 Å². The molecule has 0 aliphatic carbocycles. The highest BCUT2D eigenvalue weighted by Crippen LogP contribution is 2.36. The van der Waals surface area contributed by atoms with Crippen molar-refractivity contribution in [1.82, 2.24) is 19.7 Å². The summed E-state index contributed by atoms with van der Waals surface area (Å²) in [5.74, 6) is -1.60. The first kappa shape index (κ1) is 24.4. The molecule has 4 aromatic rings. The van der Waals surface area contributed by atoms with Crippen molar-refractivity contribution in [3.8, 4) is 22.7 Å². The van der Waals surface area contributed by atoms with E-state index in [-0.39, 0.29) is 40.6 Å². The van der Waals surface area contributed by atoms with E-state index in [9.17, 15) is 13.6 Å². The summed E-state index contributed by atoms with van der Waals surface area (Å²) in [6, 6.07) is 10.9. The molecule has 0 amide bonds. The minimum Gasteiger partial charge on any atom is -0.497 e. The zero-order valence-electron chi connectivity index (χ0n) is 20.4. The number of piperidine rings is 1. The summed E-state index contributed by atoms with van der Waals surface area (Å²) in [6.45, 7) is 2.98. The van der Waals surface area contributed by atoms with Gasteiger partial charge in [0.05, 0.1) is 36.4 Å². The molecule has 0 bridgehead atoms. The van der Waals surface area contributed by atoms with Crippen LogP contribution < -0.4 is 15.4 Å². The van der Waals surface area contributed by atoms with Crippen LogP contribution >= 0.6 is 0 Å². The van der Waals surface area contributed by atoms with E-state index >= 15 is 0 Å². The van der Waals surface area contributed by atoms with Crippen molar-refractivity contribution in [2.75, 3.05) is 37.4 Å². The van der Waals surface area contributed by atoms with Crippen LogP contribution in [0, 0.1) is 17.6 Å². The number of esters is 1. The third-order valence-electron chi connectivity index (χ3n) is 6.41. The number of nitrogens with two attached hydrogens (primary N) is 1. The van der Waals surface area contributed by atoms with Gasteiger partial charge < -0.3 is 20.1 Å². The molecule has 11 heteroatoms. The Morgan fingerprint density at radius 1 is 1.16 bits per heavy atom. The second kappa shape index (κ2) is 10.00. The van der Waals surface area contributed by atoms with Gasteiger partial charge >= 0.3 is 5.97 Å². The van der Waals surface area contributed by atoms with Crippen molar-refractivity contribution >= 4 is 28.8 Å². The molecule has 2 N–H and O–H groups in total. The average Bonchev–Trinajstić information content (AvgIpc) is 3.26. The maximum Gasteiger partial charge on any atom is 0.310 e. The molecule has 0 radical (unpaired) electrons. The average molecular weight is 509 g/mol. The third-order valence-corrected chi connectivity index (χ3v) is 6.41. The number of nitrogens with zero attached hydrogens (tertiary/aromatic N) is 5. The molecule has 192 valence electrons. The summed E-state index contributed by atoms with van der Waals surface area (Å²) >= 11 is 0. The van der Waals surface area contributed by atoms with Crippen molar-refractivity contribution in [1.29, 1.82) is 0 Å². The fourth-order valence-corrected chi connectivity index (χ4v) is 4.55. The molecule has 2 aromatic carbocycles. The number of carbonyl (C=O) groups excluding carboxylic acids is 1. The van der Waals surface area contributed by atoms with E-state index in [1.807, 2.05) is 4.90 Å². The zero-order chi connectivity index (χ0) is 26.1. The standard InChI is InChI=1S/C26H26F2N6O3/c1-3-37-25(35)15-6-5-13-33(14-15)26-30-22(18-7-4-8-19(27)21(18)28)20-23(29)34(32-24(20)31-26)16-9-11-17(36-2)12-10-16/h4,7-12,15H,3,5-6,13-14,29H2,1-2H3/t15-/m1/s1. The van der Waals surface area contributed by atoms with E-state index in [1.165, 1.54) is 16.8 Å². The number of aromatic nitrogens is 4. The van der Waals surface area contributed by atoms with Crippen LogP contribution in [0.5, 0.6) is 5.75 Å². The van der Waals surface area contributed by atoms with Crippen LogP contribution in [0.25, 0.3) is 28.0 Å². The maximum absolute atomic E-state index is 15.0. The van der Waals surface area contributed by atoms with Gasteiger partial charge in [0.15, 0.2) is 17.3 Å². The molecule has 1 atom stereocenters. The largest absolute Gasteiger partial charge is 0.497 e. The number of halogens is 2. The highest BCUT2D eigenvalue weighted by Gasteiger charge is 2.30. The Kier molecular flexibility index (Phi) is 6.60. The van der Waals surface area contributed by atoms with Crippen LogP contribution in [-0.2, 0) is 9.53 Å². The van der Waals surface area contributed by atoms with Gasteiger partial charge in [0.2, 0.25) is 5.95 Å². The number of fused-ring (bicyclic) bond motifs is 1. The topological polar surface area (TPSA) is 108 Å². The normalized spacial score (nSPS) is 15.7. The molecular weight excluding hydrogens is 482 g/mol. The monoisotopic (exact) mass is 508 g/mol. The molecule has 0 unspecified atom stereocenters. The van der Waals surface area contributed by atoms with Gasteiger partial charge in [0, 0.05) is 18.7 Å². The van der Waals surface area contributed by atoms with E-state index in [4.69, 9.17) is 15.2 Å². The molecule has 0 spiro atoms. The van der Waals surface area contributed by atoms with Crippen LogP contribution in [0.1, 0.15) is 19.8 Å². The summed E-state index contributed by atoms with van der Waals surface area (Å²) in [7, 11) is 1.57. The molecule has 1 aliphatic rings. The fourth-order valence-electron chi connectivity index (χ4n) is 4.55. The smallest absolute Gasteiger partial charge is 0.310 e. The SMILES string of the molecule is CCOC(=O)[C@@H]1CCCN(c2nc(-c3cccc(F)c3F)c3c(N)n(-c4ccc(OC)cc4)nc3n2)C1. The third kappa shape index (κ3) is 4.52. The molecular formula is C26H26F2N6O3. The van der Waals surface area contributed by atoms with Crippen molar-refractivity contribution in [2.24, 2.45) is 5.92 Å². The summed E-state index contributed by atoms with van der Waals surface area (Å²) in [5, 5.41) is 4.88.